The van der Waals surface area contributed by atoms with Crippen molar-refractivity contribution in [1.82, 2.24) is 10.2 Å². The molecule has 2 heterocycles. The van der Waals surface area contributed by atoms with Crippen LogP contribution in [0.1, 0.15) is 20.3 Å². The summed E-state index contributed by atoms with van der Waals surface area (Å²) in [7, 11) is 0. The minimum Gasteiger partial charge on any atom is -0.394 e. The van der Waals surface area contributed by atoms with E-state index in [-0.39, 0.29) is 19.6 Å². The fourth-order valence-electron chi connectivity index (χ4n) is 2.68. The highest BCUT2D eigenvalue weighted by Gasteiger charge is 2.54. The van der Waals surface area contributed by atoms with E-state index in [1.165, 1.54) is 11.8 Å². The number of alkyl halides is 1. The molecule has 2 aliphatic heterocycles. The molecule has 23 heavy (non-hydrogen) atoms. The maximum absolute atomic E-state index is 12.2. The van der Waals surface area contributed by atoms with Crippen molar-refractivity contribution in [2.24, 2.45) is 5.11 Å². The van der Waals surface area contributed by atoms with E-state index in [1.807, 2.05) is 0 Å². The zero-order valence-corrected chi connectivity index (χ0v) is 13.4. The van der Waals surface area contributed by atoms with Gasteiger partial charge in [-0.25, -0.2) is 4.79 Å². The van der Waals surface area contributed by atoms with Gasteiger partial charge in [-0.15, -0.1) is 11.6 Å². The van der Waals surface area contributed by atoms with Crippen LogP contribution in [0.5, 0.6) is 0 Å². The monoisotopic (exact) mass is 347 g/mol. The lowest BCUT2D eigenvalue weighted by molar-refractivity contribution is -0.160. The molecule has 0 bridgehead atoms. The van der Waals surface area contributed by atoms with Gasteiger partial charge in [-0.2, -0.15) is 0 Å². The van der Waals surface area contributed by atoms with E-state index in [0.29, 0.717) is 0 Å². The number of imide groups is 1. The summed E-state index contributed by atoms with van der Waals surface area (Å²) >= 11 is 6.26. The Morgan fingerprint density at radius 1 is 1.65 bits per heavy atom. The largest absolute Gasteiger partial charge is 0.394 e. The number of azide groups is 1. The number of amides is 3. The number of urea groups is 1. The molecule has 128 valence electrons. The highest BCUT2D eigenvalue weighted by molar-refractivity contribution is 6.36. The van der Waals surface area contributed by atoms with Gasteiger partial charge in [-0.1, -0.05) is 5.11 Å². The maximum Gasteiger partial charge on any atom is 0.328 e. The molecular weight excluding hydrogens is 330 g/mol. The molecule has 2 fully saturated rings. The maximum atomic E-state index is 12.2. The molecule has 0 aromatic rings. The highest BCUT2D eigenvalue weighted by Crippen LogP contribution is 2.35. The number of halogens is 1. The van der Waals surface area contributed by atoms with Crippen LogP contribution in [0.2, 0.25) is 0 Å². The Morgan fingerprint density at radius 2 is 2.35 bits per heavy atom. The third kappa shape index (κ3) is 3.22. The number of carbonyl (C=O) groups excluding carboxylic acids is 2. The van der Waals surface area contributed by atoms with Crippen LogP contribution in [-0.4, -0.2) is 64.6 Å². The van der Waals surface area contributed by atoms with E-state index in [4.69, 9.17) is 26.6 Å². The fraction of sp³-hybridized carbons (Fsp3) is 0.833. The summed E-state index contributed by atoms with van der Waals surface area (Å²) in [5.41, 5.74) is 8.58. The quantitative estimate of drug-likeness (QED) is 0.326. The van der Waals surface area contributed by atoms with Crippen LogP contribution in [0.25, 0.3) is 10.4 Å². The van der Waals surface area contributed by atoms with Crippen LogP contribution in [0.4, 0.5) is 4.79 Å². The van der Waals surface area contributed by atoms with E-state index in [2.05, 4.69) is 15.3 Å². The normalized spacial score (nSPS) is 37.5. The SMILES string of the molecule is CCO[C@@H]1N([C@H]2C[C@H](N=[N+]=[N-])[C@@H](CO)O2)C(=O)NC(=O)[C@@]1(C)Cl. The number of carbonyl (C=O) groups is 2. The predicted molar refractivity (Wildman–Crippen MR) is 78.3 cm³/mol. The first kappa shape index (κ1) is 17.8. The van der Waals surface area contributed by atoms with Crippen molar-refractivity contribution in [1.29, 1.82) is 0 Å². The number of hydrogen-bond acceptors (Lipinski definition) is 6. The van der Waals surface area contributed by atoms with E-state index >= 15 is 0 Å². The number of aliphatic hydroxyl groups is 1. The molecule has 0 spiro atoms. The van der Waals surface area contributed by atoms with Crippen LogP contribution in [0, 0.1) is 0 Å². The van der Waals surface area contributed by atoms with Crippen LogP contribution < -0.4 is 5.32 Å². The van der Waals surface area contributed by atoms with Crippen LogP contribution >= 0.6 is 11.6 Å². The summed E-state index contributed by atoms with van der Waals surface area (Å²) in [5, 5.41) is 15.0. The molecule has 0 saturated carbocycles. The van der Waals surface area contributed by atoms with Crippen molar-refractivity contribution in [3.05, 3.63) is 10.4 Å². The van der Waals surface area contributed by atoms with E-state index < -0.39 is 41.4 Å². The summed E-state index contributed by atoms with van der Waals surface area (Å²) < 4.78 is 11.1. The molecule has 10 nitrogen and oxygen atoms in total. The summed E-state index contributed by atoms with van der Waals surface area (Å²) in [6.45, 7) is 3.00. The predicted octanol–water partition coefficient (Wildman–Crippen LogP) is 0.685. The van der Waals surface area contributed by atoms with Gasteiger partial charge in [0.1, 0.15) is 6.23 Å². The van der Waals surface area contributed by atoms with Crippen molar-refractivity contribution in [3.63, 3.8) is 0 Å². The number of ether oxygens (including phenoxy) is 2. The molecule has 11 heteroatoms. The van der Waals surface area contributed by atoms with Crippen LogP contribution in [0.15, 0.2) is 5.11 Å². The number of nitrogens with one attached hydrogen (secondary N) is 1. The van der Waals surface area contributed by atoms with Gasteiger partial charge in [-0.3, -0.25) is 15.0 Å². The molecule has 2 saturated heterocycles. The summed E-state index contributed by atoms with van der Waals surface area (Å²) in [6, 6.07) is -1.35. The van der Waals surface area contributed by atoms with Gasteiger partial charge in [0, 0.05) is 17.9 Å². The van der Waals surface area contributed by atoms with Gasteiger partial charge < -0.3 is 14.6 Å². The smallest absolute Gasteiger partial charge is 0.328 e. The highest BCUT2D eigenvalue weighted by atomic mass is 35.5. The molecule has 0 unspecified atom stereocenters. The molecule has 2 rings (SSSR count). The molecule has 2 N–H and O–H groups in total. The van der Waals surface area contributed by atoms with Crippen molar-refractivity contribution < 1.29 is 24.2 Å². The Hall–Kier alpha value is -1.58. The molecule has 0 aromatic heterocycles. The Kier molecular flexibility index (Phi) is 5.33. The molecule has 2 aliphatic rings. The second kappa shape index (κ2) is 6.90. The molecule has 5 atom stereocenters. The Bertz CT molecular complexity index is 538. The van der Waals surface area contributed by atoms with Gasteiger partial charge in [0.15, 0.2) is 11.1 Å². The Morgan fingerprint density at radius 3 is 2.91 bits per heavy atom. The fourth-order valence-corrected chi connectivity index (χ4v) is 2.89. The van der Waals surface area contributed by atoms with Gasteiger partial charge in [0.2, 0.25) is 0 Å². The van der Waals surface area contributed by atoms with Gasteiger partial charge in [0.05, 0.1) is 18.8 Å². The molecular formula is C12H18ClN5O5. The number of nitrogens with zero attached hydrogens (tertiary/aromatic N) is 4. The summed E-state index contributed by atoms with van der Waals surface area (Å²) in [6.07, 6.45) is -2.48. The minimum absolute atomic E-state index is 0.160. The number of aliphatic hydroxyl groups excluding tert-OH is 1. The molecule has 0 aromatic carbocycles. The van der Waals surface area contributed by atoms with Crippen LogP contribution in [-0.2, 0) is 14.3 Å². The number of hydrogen-bond donors (Lipinski definition) is 2. The lowest BCUT2D eigenvalue weighted by Gasteiger charge is -2.44. The average Bonchev–Trinajstić information content (AvgIpc) is 2.88. The van der Waals surface area contributed by atoms with E-state index in [1.54, 1.807) is 6.92 Å². The van der Waals surface area contributed by atoms with Crippen molar-refractivity contribution >= 4 is 23.5 Å². The van der Waals surface area contributed by atoms with Gasteiger partial charge in [0.25, 0.3) is 5.91 Å². The minimum atomic E-state index is -1.50. The second-order valence-corrected chi connectivity index (χ2v) is 6.15. The van der Waals surface area contributed by atoms with Crippen molar-refractivity contribution in [2.75, 3.05) is 13.2 Å². The molecule has 0 radical (unpaired) electrons. The van der Waals surface area contributed by atoms with Crippen molar-refractivity contribution in [3.8, 4) is 0 Å². The Labute approximate surface area is 137 Å². The molecule has 0 aliphatic carbocycles. The van der Waals surface area contributed by atoms with E-state index in [0.717, 1.165) is 0 Å². The summed E-state index contributed by atoms with van der Waals surface area (Å²) in [5.74, 6) is -0.665. The standard InChI is InChI=1S/C12H18ClN5O5/c1-3-22-10-12(2,13)9(20)15-11(21)18(10)8-4-6(16-17-14)7(5-19)23-8/h6-8,10,19H,3-5H2,1-2H3,(H,15,20,21)/t6-,7+,8+,10-,12+/m0/s1. The third-order valence-electron chi connectivity index (χ3n) is 3.83. The topological polar surface area (TPSA) is 137 Å². The first-order valence-electron chi connectivity index (χ1n) is 7.11. The molecule has 3 amide bonds. The third-order valence-corrected chi connectivity index (χ3v) is 4.19. The number of rotatable bonds is 5. The second-order valence-electron chi connectivity index (χ2n) is 5.37. The average molecular weight is 348 g/mol. The van der Waals surface area contributed by atoms with Crippen molar-refractivity contribution in [2.45, 2.75) is 49.7 Å². The van der Waals surface area contributed by atoms with E-state index in [9.17, 15) is 14.7 Å². The lowest BCUT2D eigenvalue weighted by Crippen LogP contribution is -2.69. The first-order chi connectivity index (χ1) is 10.9. The zero-order chi connectivity index (χ0) is 17.2. The zero-order valence-electron chi connectivity index (χ0n) is 12.7. The van der Waals surface area contributed by atoms with Gasteiger partial charge >= 0.3 is 6.03 Å². The first-order valence-corrected chi connectivity index (χ1v) is 7.49. The van der Waals surface area contributed by atoms with Gasteiger partial charge in [-0.05, 0) is 19.4 Å². The summed E-state index contributed by atoms with van der Waals surface area (Å²) in [4.78, 5) is 26.6. The van der Waals surface area contributed by atoms with Crippen LogP contribution in [0.3, 0.4) is 0 Å². The lowest BCUT2D eigenvalue weighted by atomic mass is 10.0. The Balaban J connectivity index is 2.29.